The highest BCUT2D eigenvalue weighted by Crippen LogP contribution is 2.20. The van der Waals surface area contributed by atoms with Crippen molar-refractivity contribution in [1.29, 1.82) is 0 Å². The van der Waals surface area contributed by atoms with Gasteiger partial charge >= 0.3 is 11.8 Å². The van der Waals surface area contributed by atoms with Gasteiger partial charge in [0.15, 0.2) is 0 Å². The van der Waals surface area contributed by atoms with Gasteiger partial charge < -0.3 is 19.4 Å². The lowest BCUT2D eigenvalue weighted by Gasteiger charge is -2.08. The van der Waals surface area contributed by atoms with E-state index in [1.165, 1.54) is 0 Å². The molecular weight excluding hydrogens is 272 g/mol. The third-order valence-corrected chi connectivity index (χ3v) is 2.80. The summed E-state index contributed by atoms with van der Waals surface area (Å²) in [5.74, 6) is 0.624. The Morgan fingerprint density at radius 3 is 2.62 bits per heavy atom. The number of likely N-dealkylation sites (N-methyl/N-ethyl adjacent to an activating group) is 1. The second kappa shape index (κ2) is 6.85. The van der Waals surface area contributed by atoms with Crippen molar-refractivity contribution in [2.45, 2.75) is 0 Å². The molecule has 0 unspecified atom stereocenters. The van der Waals surface area contributed by atoms with E-state index in [0.717, 1.165) is 17.9 Å². The monoisotopic (exact) mass is 290 g/mol. The van der Waals surface area contributed by atoms with Gasteiger partial charge in [0.2, 0.25) is 5.89 Å². The molecule has 0 saturated heterocycles. The summed E-state index contributed by atoms with van der Waals surface area (Å²) in [6.07, 6.45) is 0. The first-order valence-electron chi connectivity index (χ1n) is 6.51. The maximum atomic E-state index is 11.8. The van der Waals surface area contributed by atoms with Gasteiger partial charge in [0.05, 0.1) is 7.11 Å². The SMILES string of the molecule is COc1ccc(-c2nnc(C(=O)NCCN(C)C)o2)cc1. The van der Waals surface area contributed by atoms with E-state index in [1.807, 2.05) is 19.0 Å². The highest BCUT2D eigenvalue weighted by Gasteiger charge is 2.15. The largest absolute Gasteiger partial charge is 0.497 e. The quantitative estimate of drug-likeness (QED) is 0.856. The Balaban J connectivity index is 2.01. The Kier molecular flexibility index (Phi) is 4.89. The molecule has 0 spiro atoms. The van der Waals surface area contributed by atoms with Gasteiger partial charge in [0.25, 0.3) is 0 Å². The zero-order valence-electron chi connectivity index (χ0n) is 12.3. The predicted molar refractivity (Wildman–Crippen MR) is 77.2 cm³/mol. The van der Waals surface area contributed by atoms with Crippen molar-refractivity contribution in [3.63, 3.8) is 0 Å². The number of amides is 1. The van der Waals surface area contributed by atoms with Crippen LogP contribution < -0.4 is 10.1 Å². The number of benzene rings is 1. The Bertz CT molecular complexity index is 593. The molecule has 0 saturated carbocycles. The number of aromatic nitrogens is 2. The van der Waals surface area contributed by atoms with Gasteiger partial charge in [0.1, 0.15) is 5.75 Å². The third-order valence-electron chi connectivity index (χ3n) is 2.80. The van der Waals surface area contributed by atoms with E-state index in [9.17, 15) is 4.79 Å². The maximum absolute atomic E-state index is 11.8. The summed E-state index contributed by atoms with van der Waals surface area (Å²) in [4.78, 5) is 13.8. The van der Waals surface area contributed by atoms with Crippen LogP contribution in [0.5, 0.6) is 5.75 Å². The van der Waals surface area contributed by atoms with Crippen LogP contribution >= 0.6 is 0 Å². The van der Waals surface area contributed by atoms with Crippen molar-refractivity contribution in [1.82, 2.24) is 20.4 Å². The number of hydrogen-bond acceptors (Lipinski definition) is 6. The number of carbonyl (C=O) groups is 1. The van der Waals surface area contributed by atoms with E-state index in [1.54, 1.807) is 31.4 Å². The fourth-order valence-corrected chi connectivity index (χ4v) is 1.63. The highest BCUT2D eigenvalue weighted by molar-refractivity contribution is 5.89. The first-order valence-corrected chi connectivity index (χ1v) is 6.51. The summed E-state index contributed by atoms with van der Waals surface area (Å²) < 4.78 is 10.5. The van der Waals surface area contributed by atoms with E-state index in [2.05, 4.69) is 15.5 Å². The lowest BCUT2D eigenvalue weighted by molar-refractivity contribution is 0.0917. The molecule has 2 rings (SSSR count). The molecule has 112 valence electrons. The number of carbonyl (C=O) groups excluding carboxylic acids is 1. The zero-order chi connectivity index (χ0) is 15.2. The lowest BCUT2D eigenvalue weighted by atomic mass is 10.2. The summed E-state index contributed by atoms with van der Waals surface area (Å²) in [6, 6.07) is 7.16. The number of nitrogens with zero attached hydrogens (tertiary/aromatic N) is 3. The molecule has 1 amide bonds. The number of methoxy groups -OCH3 is 1. The molecule has 0 aliphatic carbocycles. The van der Waals surface area contributed by atoms with Crippen LogP contribution in [-0.4, -0.2) is 55.3 Å². The number of nitrogens with one attached hydrogen (secondary N) is 1. The topological polar surface area (TPSA) is 80.5 Å². The van der Waals surface area contributed by atoms with Crippen LogP contribution in [-0.2, 0) is 0 Å². The van der Waals surface area contributed by atoms with Gasteiger partial charge in [-0.1, -0.05) is 0 Å². The van der Waals surface area contributed by atoms with Crippen LogP contribution in [0.3, 0.4) is 0 Å². The number of rotatable bonds is 6. The summed E-state index contributed by atoms with van der Waals surface area (Å²) in [6.45, 7) is 1.26. The summed E-state index contributed by atoms with van der Waals surface area (Å²) in [7, 11) is 5.46. The Morgan fingerprint density at radius 1 is 1.29 bits per heavy atom. The molecule has 1 N–H and O–H groups in total. The van der Waals surface area contributed by atoms with Gasteiger partial charge in [-0.05, 0) is 38.4 Å². The fraction of sp³-hybridized carbons (Fsp3) is 0.357. The van der Waals surface area contributed by atoms with Gasteiger partial charge in [-0.25, -0.2) is 0 Å². The second-order valence-corrected chi connectivity index (χ2v) is 4.70. The average Bonchev–Trinajstić information content (AvgIpc) is 2.97. The molecule has 0 fully saturated rings. The molecule has 1 aromatic heterocycles. The van der Waals surface area contributed by atoms with Gasteiger partial charge in [0, 0.05) is 18.7 Å². The van der Waals surface area contributed by atoms with Crippen molar-refractivity contribution in [3.05, 3.63) is 30.2 Å². The molecule has 2 aromatic rings. The smallest absolute Gasteiger partial charge is 0.308 e. The van der Waals surface area contributed by atoms with Crippen molar-refractivity contribution in [2.24, 2.45) is 0 Å². The lowest BCUT2D eigenvalue weighted by Crippen LogP contribution is -2.31. The minimum absolute atomic E-state index is 0.0421. The van der Waals surface area contributed by atoms with Crippen molar-refractivity contribution in [3.8, 4) is 17.2 Å². The molecule has 1 aromatic carbocycles. The summed E-state index contributed by atoms with van der Waals surface area (Å²) >= 11 is 0. The Labute approximate surface area is 122 Å². The summed E-state index contributed by atoms with van der Waals surface area (Å²) in [5.41, 5.74) is 0.732. The first-order chi connectivity index (χ1) is 10.1. The van der Waals surface area contributed by atoms with Gasteiger partial charge in [-0.15, -0.1) is 10.2 Å². The van der Waals surface area contributed by atoms with Crippen LogP contribution in [0.25, 0.3) is 11.5 Å². The van der Waals surface area contributed by atoms with Crippen LogP contribution in [0.15, 0.2) is 28.7 Å². The second-order valence-electron chi connectivity index (χ2n) is 4.70. The first kappa shape index (κ1) is 15.0. The standard InChI is InChI=1S/C14H18N4O3/c1-18(2)9-8-15-12(19)14-17-16-13(21-14)10-4-6-11(20-3)7-5-10/h4-7H,8-9H2,1-3H3,(H,15,19). The van der Waals surface area contributed by atoms with E-state index < -0.39 is 0 Å². The molecule has 7 heteroatoms. The molecule has 0 aliphatic rings. The van der Waals surface area contributed by atoms with E-state index in [4.69, 9.17) is 9.15 Å². The highest BCUT2D eigenvalue weighted by atomic mass is 16.5. The number of ether oxygens (including phenoxy) is 1. The van der Waals surface area contributed by atoms with E-state index >= 15 is 0 Å². The molecule has 21 heavy (non-hydrogen) atoms. The molecule has 0 aliphatic heterocycles. The minimum Gasteiger partial charge on any atom is -0.497 e. The molecule has 7 nitrogen and oxygen atoms in total. The Morgan fingerprint density at radius 2 is 2.00 bits per heavy atom. The number of hydrogen-bond donors (Lipinski definition) is 1. The maximum Gasteiger partial charge on any atom is 0.308 e. The van der Waals surface area contributed by atoms with Crippen LogP contribution in [0.1, 0.15) is 10.7 Å². The predicted octanol–water partition coefficient (Wildman–Crippen LogP) is 1.04. The van der Waals surface area contributed by atoms with Crippen molar-refractivity contribution in [2.75, 3.05) is 34.3 Å². The van der Waals surface area contributed by atoms with Crippen LogP contribution in [0, 0.1) is 0 Å². The normalized spacial score (nSPS) is 10.7. The average molecular weight is 290 g/mol. The molecule has 1 heterocycles. The van der Waals surface area contributed by atoms with Crippen LogP contribution in [0.4, 0.5) is 0 Å². The van der Waals surface area contributed by atoms with E-state index in [-0.39, 0.29) is 11.8 Å². The molecule has 0 radical (unpaired) electrons. The molecular formula is C14H18N4O3. The zero-order valence-corrected chi connectivity index (χ0v) is 12.3. The Hall–Kier alpha value is -2.41. The summed E-state index contributed by atoms with van der Waals surface area (Å²) in [5, 5.41) is 10.4. The van der Waals surface area contributed by atoms with E-state index in [0.29, 0.717) is 12.4 Å². The minimum atomic E-state index is -0.371. The van der Waals surface area contributed by atoms with Gasteiger partial charge in [-0.3, -0.25) is 4.79 Å². The van der Waals surface area contributed by atoms with Crippen molar-refractivity contribution >= 4 is 5.91 Å². The van der Waals surface area contributed by atoms with Crippen molar-refractivity contribution < 1.29 is 13.9 Å². The van der Waals surface area contributed by atoms with Crippen LogP contribution in [0.2, 0.25) is 0 Å². The molecule has 0 atom stereocenters. The third kappa shape index (κ3) is 4.03. The van der Waals surface area contributed by atoms with Gasteiger partial charge in [-0.2, -0.15) is 0 Å². The molecule has 0 bridgehead atoms. The fourth-order valence-electron chi connectivity index (χ4n) is 1.63.